The summed E-state index contributed by atoms with van der Waals surface area (Å²) in [7, 11) is 0. The molecule has 3 atom stereocenters. The number of thioether (sulfide) groups is 1. The van der Waals surface area contributed by atoms with Gasteiger partial charge in [0, 0.05) is 17.2 Å². The summed E-state index contributed by atoms with van der Waals surface area (Å²) >= 11 is 1.04. The third-order valence-electron chi connectivity index (χ3n) is 6.50. The van der Waals surface area contributed by atoms with Gasteiger partial charge in [-0.25, -0.2) is 18.7 Å². The molecule has 1 aromatic heterocycles. The van der Waals surface area contributed by atoms with Crippen LogP contribution in [0.5, 0.6) is 5.88 Å². The smallest absolute Gasteiger partial charge is 0.275 e. The number of rotatable bonds is 8. The van der Waals surface area contributed by atoms with Gasteiger partial charge in [0.05, 0.1) is 23.5 Å². The summed E-state index contributed by atoms with van der Waals surface area (Å²) in [6.07, 6.45) is 7.62. The fourth-order valence-electron chi connectivity index (χ4n) is 4.00. The predicted molar refractivity (Wildman–Crippen MR) is 143 cm³/mol. The van der Waals surface area contributed by atoms with Crippen LogP contribution >= 0.6 is 11.8 Å². The van der Waals surface area contributed by atoms with E-state index >= 15 is 4.39 Å². The van der Waals surface area contributed by atoms with Crippen LogP contribution in [0.1, 0.15) is 50.7 Å². The number of aliphatic imine (C=N–C) groups is 1. The Labute approximate surface area is 224 Å². The third kappa shape index (κ3) is 5.88. The van der Waals surface area contributed by atoms with Crippen molar-refractivity contribution in [3.05, 3.63) is 47.7 Å². The van der Waals surface area contributed by atoms with Gasteiger partial charge in [0.15, 0.2) is 11.8 Å². The molecule has 202 valence electrons. The van der Waals surface area contributed by atoms with E-state index in [-0.39, 0.29) is 34.6 Å². The van der Waals surface area contributed by atoms with E-state index in [9.17, 15) is 14.0 Å². The molecule has 0 fully saturated rings. The van der Waals surface area contributed by atoms with Crippen LogP contribution in [0.3, 0.4) is 0 Å². The molecule has 1 aliphatic rings. The maximum Gasteiger partial charge on any atom is 0.275 e. The van der Waals surface area contributed by atoms with Crippen molar-refractivity contribution >= 4 is 34.4 Å². The Balaban J connectivity index is 1.91. The number of halogens is 2. The summed E-state index contributed by atoms with van der Waals surface area (Å²) in [5.74, 6) is 0.246. The van der Waals surface area contributed by atoms with Gasteiger partial charge in [-0.05, 0) is 45.9 Å². The van der Waals surface area contributed by atoms with Gasteiger partial charge < -0.3 is 21.1 Å². The summed E-state index contributed by atoms with van der Waals surface area (Å²) in [5, 5.41) is 5.46. The number of benzene rings is 1. The van der Waals surface area contributed by atoms with Crippen LogP contribution in [0.25, 0.3) is 0 Å². The molecule has 3 rings (SSSR count). The molecule has 0 radical (unpaired) electrons. The number of aromatic nitrogens is 2. The number of amidine groups is 1. The molecule has 0 saturated carbocycles. The highest BCUT2D eigenvalue weighted by Gasteiger charge is 2.54. The van der Waals surface area contributed by atoms with Gasteiger partial charge in [-0.1, -0.05) is 24.6 Å². The Bertz CT molecular complexity index is 1300. The second-order valence-electron chi connectivity index (χ2n) is 9.88. The van der Waals surface area contributed by atoms with Gasteiger partial charge in [-0.2, -0.15) is 0 Å². The quantitative estimate of drug-likeness (QED) is 0.434. The van der Waals surface area contributed by atoms with Crippen molar-refractivity contribution in [3.63, 3.8) is 0 Å². The van der Waals surface area contributed by atoms with Crippen molar-refractivity contribution in [2.75, 3.05) is 18.6 Å². The third-order valence-corrected chi connectivity index (χ3v) is 7.76. The van der Waals surface area contributed by atoms with E-state index in [4.69, 9.17) is 16.9 Å². The normalized spacial score (nSPS) is 23.1. The number of hydrogen-bond donors (Lipinski definition) is 3. The van der Waals surface area contributed by atoms with E-state index in [1.165, 1.54) is 30.6 Å². The molecular weight excluding hydrogens is 514 g/mol. The Morgan fingerprint density at radius 2 is 2.00 bits per heavy atom. The van der Waals surface area contributed by atoms with Crippen molar-refractivity contribution in [2.45, 2.75) is 50.4 Å². The fourth-order valence-corrected chi connectivity index (χ4v) is 5.22. The SMILES string of the molecule is C#CCOc1cnc(C(=O)Nc2ccc(F)c([C@@]3(C)N=C(N)S[C@](C)(C(=O)NC(C)(C)CF)C3C)c2)cn1. The summed E-state index contributed by atoms with van der Waals surface area (Å²) in [5.41, 5.74) is 4.15. The monoisotopic (exact) mass is 544 g/mol. The second kappa shape index (κ2) is 10.9. The maximum absolute atomic E-state index is 15.3. The topological polar surface area (TPSA) is 132 Å². The van der Waals surface area contributed by atoms with Crippen molar-refractivity contribution in [1.29, 1.82) is 0 Å². The van der Waals surface area contributed by atoms with Crippen molar-refractivity contribution in [2.24, 2.45) is 16.6 Å². The first-order valence-corrected chi connectivity index (χ1v) is 12.5. The van der Waals surface area contributed by atoms with E-state index in [1.807, 2.05) is 0 Å². The molecule has 0 aliphatic carbocycles. The van der Waals surface area contributed by atoms with Crippen molar-refractivity contribution < 1.29 is 23.1 Å². The maximum atomic E-state index is 15.3. The lowest BCUT2D eigenvalue weighted by molar-refractivity contribution is -0.126. The van der Waals surface area contributed by atoms with Crippen LogP contribution in [-0.2, 0) is 10.3 Å². The minimum atomic E-state index is -1.29. The Morgan fingerprint density at radius 1 is 1.29 bits per heavy atom. The standard InChI is InChI=1S/C26H30F2N6O3S/c1-7-10-37-20-13-30-19(12-31-20)21(35)32-16-8-9-18(28)17(11-16)25(5)15(2)26(6,38-23(29)34-25)22(36)33-24(3,4)14-27/h1,8-9,11-13,15H,10,14H2,2-6H3,(H2,29,34)(H,32,35)(H,33,36)/t15?,25-,26-/m0/s1. The zero-order valence-corrected chi connectivity index (χ0v) is 22.6. The molecule has 9 nitrogen and oxygen atoms in total. The zero-order valence-electron chi connectivity index (χ0n) is 21.8. The Hall–Kier alpha value is -3.72. The highest BCUT2D eigenvalue weighted by molar-refractivity contribution is 8.15. The summed E-state index contributed by atoms with van der Waals surface area (Å²) in [6, 6.07) is 4.03. The summed E-state index contributed by atoms with van der Waals surface area (Å²) < 4.78 is 32.6. The molecule has 38 heavy (non-hydrogen) atoms. The van der Waals surface area contributed by atoms with Crippen LogP contribution in [-0.4, -0.2) is 50.5 Å². The predicted octanol–water partition coefficient (Wildman–Crippen LogP) is 3.42. The van der Waals surface area contributed by atoms with E-state index in [0.717, 1.165) is 11.8 Å². The Kier molecular flexibility index (Phi) is 8.31. The van der Waals surface area contributed by atoms with Crippen LogP contribution in [0.2, 0.25) is 0 Å². The average molecular weight is 545 g/mol. The van der Waals surface area contributed by atoms with Gasteiger partial charge in [0.1, 0.15) is 22.9 Å². The molecule has 4 N–H and O–H groups in total. The van der Waals surface area contributed by atoms with Gasteiger partial charge in [0.2, 0.25) is 11.8 Å². The fraction of sp³-hybridized carbons (Fsp3) is 0.423. The lowest BCUT2D eigenvalue weighted by atomic mass is 9.73. The molecular formula is C26H30F2N6O3S. The lowest BCUT2D eigenvalue weighted by Gasteiger charge is -2.47. The number of carbonyl (C=O) groups excluding carboxylic acids is 2. The van der Waals surface area contributed by atoms with Gasteiger partial charge >= 0.3 is 0 Å². The van der Waals surface area contributed by atoms with Crippen LogP contribution in [0.15, 0.2) is 35.6 Å². The van der Waals surface area contributed by atoms with E-state index in [1.54, 1.807) is 34.6 Å². The number of ether oxygens (including phenoxy) is 1. The molecule has 2 amide bonds. The van der Waals surface area contributed by atoms with Crippen molar-refractivity contribution in [1.82, 2.24) is 15.3 Å². The highest BCUT2D eigenvalue weighted by atomic mass is 32.2. The van der Waals surface area contributed by atoms with Crippen LogP contribution in [0, 0.1) is 24.1 Å². The number of alkyl halides is 1. The van der Waals surface area contributed by atoms with Gasteiger partial charge in [-0.3, -0.25) is 14.6 Å². The zero-order chi connectivity index (χ0) is 28.3. The number of nitrogens with two attached hydrogens (primary N) is 1. The molecule has 1 aliphatic heterocycles. The molecule has 12 heteroatoms. The summed E-state index contributed by atoms with van der Waals surface area (Å²) in [4.78, 5) is 38.6. The minimum Gasteiger partial charge on any atom is -0.463 e. The summed E-state index contributed by atoms with van der Waals surface area (Å²) in [6.45, 7) is 7.47. The first-order chi connectivity index (χ1) is 17.8. The lowest BCUT2D eigenvalue weighted by Crippen LogP contribution is -2.60. The minimum absolute atomic E-state index is 0.000400. The average Bonchev–Trinajstić information content (AvgIpc) is 2.87. The number of nitrogens with zero attached hydrogens (tertiary/aromatic N) is 3. The molecule has 0 bridgehead atoms. The van der Waals surface area contributed by atoms with Crippen LogP contribution < -0.4 is 21.1 Å². The number of terminal acetylenes is 1. The largest absolute Gasteiger partial charge is 0.463 e. The molecule has 1 aromatic carbocycles. The number of nitrogens with one attached hydrogen (secondary N) is 2. The number of carbonyl (C=O) groups is 2. The number of hydrogen-bond acceptors (Lipinski definition) is 8. The molecule has 0 saturated heterocycles. The molecule has 1 unspecified atom stereocenters. The first-order valence-electron chi connectivity index (χ1n) is 11.7. The molecule has 2 heterocycles. The van der Waals surface area contributed by atoms with E-state index < -0.39 is 46.0 Å². The Morgan fingerprint density at radius 3 is 2.61 bits per heavy atom. The second-order valence-corrected chi connectivity index (χ2v) is 11.4. The van der Waals surface area contributed by atoms with E-state index in [0.29, 0.717) is 0 Å². The molecule has 0 spiro atoms. The van der Waals surface area contributed by atoms with Gasteiger partial charge in [0.25, 0.3) is 5.91 Å². The first kappa shape index (κ1) is 28.8. The van der Waals surface area contributed by atoms with Gasteiger partial charge in [-0.15, -0.1) is 6.42 Å². The number of anilines is 1. The van der Waals surface area contributed by atoms with E-state index in [2.05, 4.69) is 31.5 Å². The molecule has 2 aromatic rings. The highest BCUT2D eigenvalue weighted by Crippen LogP contribution is 2.50. The number of amides is 2. The van der Waals surface area contributed by atoms with Crippen molar-refractivity contribution in [3.8, 4) is 18.2 Å². The van der Waals surface area contributed by atoms with Crippen LogP contribution in [0.4, 0.5) is 14.5 Å².